The number of hydrogen-bond donors (Lipinski definition) is 2. The minimum atomic E-state index is -0.820. The van der Waals surface area contributed by atoms with E-state index in [2.05, 4.69) is 11.4 Å². The van der Waals surface area contributed by atoms with Gasteiger partial charge in [-0.25, -0.2) is 0 Å². The minimum Gasteiger partial charge on any atom is -0.381 e. The first-order chi connectivity index (χ1) is 11.5. The van der Waals surface area contributed by atoms with E-state index in [4.69, 9.17) is 26.8 Å². The number of halogens is 1. The van der Waals surface area contributed by atoms with E-state index in [1.807, 2.05) is 18.2 Å². The van der Waals surface area contributed by atoms with Crippen LogP contribution in [0.3, 0.4) is 0 Å². The Hall–Kier alpha value is -1.14. The molecule has 0 radical (unpaired) electrons. The molecule has 6 heteroatoms. The summed E-state index contributed by atoms with van der Waals surface area (Å²) in [6, 6.07) is 7.90. The topological polar surface area (TPSA) is 73.6 Å². The first-order valence-corrected chi connectivity index (χ1v) is 8.91. The van der Waals surface area contributed by atoms with Crippen molar-refractivity contribution in [2.75, 3.05) is 33.0 Å². The summed E-state index contributed by atoms with van der Waals surface area (Å²) in [7, 11) is 0. The van der Waals surface area contributed by atoms with E-state index in [1.54, 1.807) is 0 Å². The average molecular weight is 353 g/mol. The van der Waals surface area contributed by atoms with Crippen LogP contribution in [0.1, 0.15) is 31.2 Å². The van der Waals surface area contributed by atoms with Gasteiger partial charge in [0, 0.05) is 43.4 Å². The lowest BCUT2D eigenvalue weighted by Crippen LogP contribution is -2.59. The summed E-state index contributed by atoms with van der Waals surface area (Å²) in [5.74, 6) is -0.0845. The monoisotopic (exact) mass is 352 g/mol. The van der Waals surface area contributed by atoms with Gasteiger partial charge in [0.25, 0.3) is 0 Å². The van der Waals surface area contributed by atoms with Gasteiger partial charge in [-0.1, -0.05) is 23.7 Å². The third-order valence-corrected chi connectivity index (χ3v) is 5.55. The highest BCUT2D eigenvalue weighted by molar-refractivity contribution is 6.30. The summed E-state index contributed by atoms with van der Waals surface area (Å²) in [4.78, 5) is 12.7. The molecule has 2 aliphatic rings. The molecule has 24 heavy (non-hydrogen) atoms. The second kappa shape index (κ2) is 7.40. The molecule has 0 aromatic heterocycles. The second-order valence-corrected chi connectivity index (χ2v) is 7.29. The van der Waals surface area contributed by atoms with Gasteiger partial charge in [-0.05, 0) is 43.4 Å². The fourth-order valence-corrected chi connectivity index (χ4v) is 3.73. The smallest absolute Gasteiger partial charge is 0.240 e. The fourth-order valence-electron chi connectivity index (χ4n) is 3.54. The van der Waals surface area contributed by atoms with Gasteiger partial charge in [-0.2, -0.15) is 0 Å². The maximum absolute atomic E-state index is 12.7. The van der Waals surface area contributed by atoms with Crippen LogP contribution in [0.25, 0.3) is 0 Å². The molecule has 2 aliphatic heterocycles. The zero-order valence-electron chi connectivity index (χ0n) is 13.9. The number of rotatable bonds is 4. The first kappa shape index (κ1) is 17.7. The van der Waals surface area contributed by atoms with Crippen molar-refractivity contribution < 1.29 is 14.3 Å². The number of amides is 1. The predicted octanol–water partition coefficient (Wildman–Crippen LogP) is 2.01. The number of nitrogens with one attached hydrogen (secondary N) is 1. The van der Waals surface area contributed by atoms with Crippen LogP contribution in [0.5, 0.6) is 0 Å². The molecule has 2 saturated heterocycles. The van der Waals surface area contributed by atoms with E-state index in [1.165, 1.54) is 0 Å². The number of carbonyl (C=O) groups is 1. The molecule has 2 fully saturated rings. The van der Waals surface area contributed by atoms with E-state index in [-0.39, 0.29) is 11.3 Å². The zero-order valence-corrected chi connectivity index (χ0v) is 14.6. The Bertz CT molecular complexity index is 581. The molecule has 5 nitrogen and oxygen atoms in total. The number of nitrogens with two attached hydrogens (primary N) is 1. The largest absolute Gasteiger partial charge is 0.381 e. The zero-order chi connectivity index (χ0) is 17.0. The van der Waals surface area contributed by atoms with Crippen LogP contribution in [-0.4, -0.2) is 44.4 Å². The van der Waals surface area contributed by atoms with Crippen molar-refractivity contribution in [3.05, 3.63) is 34.9 Å². The molecular formula is C18H25ClN2O3. The van der Waals surface area contributed by atoms with Crippen LogP contribution in [0.15, 0.2) is 24.3 Å². The maximum atomic E-state index is 12.7. The number of hydrogen-bond acceptors (Lipinski definition) is 4. The van der Waals surface area contributed by atoms with E-state index in [0.29, 0.717) is 50.8 Å². The number of carbonyl (C=O) groups excluding carboxylic acids is 1. The standard InChI is InChI=1S/C18H25ClN2O3/c19-15-3-1-2-14(12-15)17(4-8-23-9-5-17)13-21-16(22)18(20)6-10-24-11-7-18/h1-3,12H,4-11,13,20H2,(H,21,22). The Kier molecular flexibility index (Phi) is 5.45. The third-order valence-electron chi connectivity index (χ3n) is 5.31. The van der Waals surface area contributed by atoms with Gasteiger partial charge in [0.2, 0.25) is 5.91 Å². The van der Waals surface area contributed by atoms with Crippen molar-refractivity contribution in [3.63, 3.8) is 0 Å². The van der Waals surface area contributed by atoms with Gasteiger partial charge < -0.3 is 20.5 Å². The summed E-state index contributed by atoms with van der Waals surface area (Å²) in [5, 5.41) is 3.82. The van der Waals surface area contributed by atoms with Gasteiger partial charge in [-0.3, -0.25) is 4.79 Å². The normalized spacial score (nSPS) is 22.8. The van der Waals surface area contributed by atoms with Crippen LogP contribution in [-0.2, 0) is 19.7 Å². The van der Waals surface area contributed by atoms with E-state index < -0.39 is 5.54 Å². The van der Waals surface area contributed by atoms with Gasteiger partial charge in [0.15, 0.2) is 0 Å². The molecule has 2 heterocycles. The van der Waals surface area contributed by atoms with Crippen LogP contribution in [0.4, 0.5) is 0 Å². The van der Waals surface area contributed by atoms with Crippen molar-refractivity contribution in [2.24, 2.45) is 5.73 Å². The van der Waals surface area contributed by atoms with Crippen molar-refractivity contribution in [1.82, 2.24) is 5.32 Å². The number of ether oxygens (including phenoxy) is 2. The molecular weight excluding hydrogens is 328 g/mol. The molecule has 3 N–H and O–H groups in total. The van der Waals surface area contributed by atoms with Crippen LogP contribution in [0.2, 0.25) is 5.02 Å². The Balaban J connectivity index is 1.74. The Morgan fingerprint density at radius 2 is 1.75 bits per heavy atom. The van der Waals surface area contributed by atoms with Crippen molar-refractivity contribution >= 4 is 17.5 Å². The fraction of sp³-hybridized carbons (Fsp3) is 0.611. The average Bonchev–Trinajstić information content (AvgIpc) is 2.61. The third kappa shape index (κ3) is 3.75. The molecule has 0 bridgehead atoms. The minimum absolute atomic E-state index is 0.0845. The van der Waals surface area contributed by atoms with E-state index in [9.17, 15) is 4.79 Å². The molecule has 1 aromatic carbocycles. The molecule has 0 spiro atoms. The van der Waals surface area contributed by atoms with Crippen molar-refractivity contribution in [1.29, 1.82) is 0 Å². The van der Waals surface area contributed by atoms with Gasteiger partial charge in [-0.15, -0.1) is 0 Å². The highest BCUT2D eigenvalue weighted by Crippen LogP contribution is 2.35. The van der Waals surface area contributed by atoms with Crippen LogP contribution in [0, 0.1) is 0 Å². The summed E-state index contributed by atoms with van der Waals surface area (Å²) in [6.07, 6.45) is 2.83. The Morgan fingerprint density at radius 1 is 1.12 bits per heavy atom. The highest BCUT2D eigenvalue weighted by atomic mass is 35.5. The first-order valence-electron chi connectivity index (χ1n) is 8.53. The molecule has 3 rings (SSSR count). The summed E-state index contributed by atoms with van der Waals surface area (Å²) >= 11 is 6.18. The quantitative estimate of drug-likeness (QED) is 0.869. The molecule has 1 amide bonds. The maximum Gasteiger partial charge on any atom is 0.240 e. The van der Waals surface area contributed by atoms with Gasteiger partial charge in [0.05, 0.1) is 5.54 Å². The SMILES string of the molecule is NC1(C(=O)NCC2(c3cccc(Cl)c3)CCOCC2)CCOCC1. The lowest BCUT2D eigenvalue weighted by molar-refractivity contribution is -0.130. The summed E-state index contributed by atoms with van der Waals surface area (Å²) in [5.41, 5.74) is 6.46. The van der Waals surface area contributed by atoms with E-state index >= 15 is 0 Å². The van der Waals surface area contributed by atoms with Crippen molar-refractivity contribution in [3.8, 4) is 0 Å². The Morgan fingerprint density at radius 3 is 2.38 bits per heavy atom. The summed E-state index contributed by atoms with van der Waals surface area (Å²) in [6.45, 7) is 3.00. The Labute approximate surface area is 147 Å². The predicted molar refractivity (Wildman–Crippen MR) is 93.2 cm³/mol. The molecule has 0 saturated carbocycles. The number of benzene rings is 1. The lowest BCUT2D eigenvalue weighted by atomic mass is 9.74. The van der Waals surface area contributed by atoms with Crippen LogP contribution >= 0.6 is 11.6 Å². The van der Waals surface area contributed by atoms with Gasteiger partial charge >= 0.3 is 0 Å². The van der Waals surface area contributed by atoms with Crippen molar-refractivity contribution in [2.45, 2.75) is 36.6 Å². The molecule has 0 atom stereocenters. The van der Waals surface area contributed by atoms with Gasteiger partial charge in [0.1, 0.15) is 0 Å². The highest BCUT2D eigenvalue weighted by Gasteiger charge is 2.39. The molecule has 1 aromatic rings. The van der Waals surface area contributed by atoms with E-state index in [0.717, 1.165) is 18.4 Å². The summed E-state index contributed by atoms with van der Waals surface area (Å²) < 4.78 is 10.9. The second-order valence-electron chi connectivity index (χ2n) is 6.85. The van der Waals surface area contributed by atoms with Crippen LogP contribution < -0.4 is 11.1 Å². The molecule has 0 aliphatic carbocycles. The molecule has 0 unspecified atom stereocenters. The lowest BCUT2D eigenvalue weighted by Gasteiger charge is -2.39. The molecule has 132 valence electrons.